The Kier molecular flexibility index (Phi) is 5.16. The van der Waals surface area contributed by atoms with Gasteiger partial charge in [0.2, 0.25) is 11.7 Å². The van der Waals surface area contributed by atoms with Crippen LogP contribution in [0.1, 0.15) is 18.7 Å². The van der Waals surface area contributed by atoms with Crippen LogP contribution in [0.25, 0.3) is 11.4 Å². The third kappa shape index (κ3) is 3.82. The molecule has 0 unspecified atom stereocenters. The smallest absolute Gasteiger partial charge is 0.244 e. The summed E-state index contributed by atoms with van der Waals surface area (Å²) in [4.78, 5) is 13.4. The third-order valence-electron chi connectivity index (χ3n) is 3.73. The Labute approximate surface area is 149 Å². The summed E-state index contributed by atoms with van der Waals surface area (Å²) in [6.07, 6.45) is 1.56. The summed E-state index contributed by atoms with van der Waals surface area (Å²) in [6.45, 7) is 1.78. The molecule has 1 atom stereocenters. The molecule has 0 saturated carbocycles. The maximum atomic E-state index is 12.1. The number of amides is 1. The van der Waals surface area contributed by atoms with Crippen LogP contribution in [0.4, 0.5) is 0 Å². The first-order chi connectivity index (χ1) is 12.6. The summed E-state index contributed by atoms with van der Waals surface area (Å²) >= 11 is 0. The van der Waals surface area contributed by atoms with Crippen molar-refractivity contribution >= 4 is 5.91 Å². The van der Waals surface area contributed by atoms with Gasteiger partial charge >= 0.3 is 0 Å². The van der Waals surface area contributed by atoms with Crippen LogP contribution in [-0.2, 0) is 11.3 Å². The fourth-order valence-corrected chi connectivity index (χ4v) is 2.43. The fraction of sp³-hybridized carbons (Fsp3) is 0.294. The number of hydrogen-bond acceptors (Lipinski definition) is 7. The SMILES string of the molecule is COc1ccc(-c2nnn(CC(=O)N[C@H](C)c3ccco3)n2)cc1OC. The Morgan fingerprint density at radius 1 is 1.27 bits per heavy atom. The predicted octanol–water partition coefficient (Wildman–Crippen LogP) is 1.83. The molecule has 26 heavy (non-hydrogen) atoms. The van der Waals surface area contributed by atoms with Crippen molar-refractivity contribution < 1.29 is 18.7 Å². The van der Waals surface area contributed by atoms with Crippen molar-refractivity contribution in [3.8, 4) is 22.9 Å². The van der Waals surface area contributed by atoms with Crippen LogP contribution in [0.3, 0.4) is 0 Å². The standard InChI is InChI=1S/C17H19N5O4/c1-11(13-5-4-8-26-13)18-16(23)10-22-20-17(19-21-22)12-6-7-14(24-2)15(9-12)25-3/h4-9,11H,10H2,1-3H3,(H,18,23)/t11-/m1/s1. The van der Waals surface area contributed by atoms with Gasteiger partial charge in [0.05, 0.1) is 26.5 Å². The second-order valence-corrected chi connectivity index (χ2v) is 5.52. The number of nitrogens with one attached hydrogen (secondary N) is 1. The van der Waals surface area contributed by atoms with Crippen molar-refractivity contribution in [1.82, 2.24) is 25.5 Å². The Bertz CT molecular complexity index is 875. The molecular weight excluding hydrogens is 338 g/mol. The van der Waals surface area contributed by atoms with Crippen LogP contribution >= 0.6 is 0 Å². The van der Waals surface area contributed by atoms with Gasteiger partial charge < -0.3 is 19.2 Å². The second kappa shape index (κ2) is 7.68. The van der Waals surface area contributed by atoms with Crippen LogP contribution in [0, 0.1) is 0 Å². The molecule has 0 aliphatic rings. The summed E-state index contributed by atoms with van der Waals surface area (Å²) in [6, 6.07) is 8.62. The number of nitrogens with zero attached hydrogens (tertiary/aromatic N) is 4. The summed E-state index contributed by atoms with van der Waals surface area (Å²) in [7, 11) is 3.12. The monoisotopic (exact) mass is 357 g/mol. The molecule has 9 heteroatoms. The number of tetrazole rings is 1. The third-order valence-corrected chi connectivity index (χ3v) is 3.73. The van der Waals surface area contributed by atoms with Gasteiger partial charge in [-0.3, -0.25) is 4.79 Å². The van der Waals surface area contributed by atoms with Crippen molar-refractivity contribution in [1.29, 1.82) is 0 Å². The van der Waals surface area contributed by atoms with Gasteiger partial charge in [-0.25, -0.2) is 0 Å². The zero-order chi connectivity index (χ0) is 18.5. The molecule has 0 bridgehead atoms. The number of methoxy groups -OCH3 is 2. The Hall–Kier alpha value is -3.36. The van der Waals surface area contributed by atoms with Gasteiger partial charge in [0.1, 0.15) is 12.3 Å². The minimum Gasteiger partial charge on any atom is -0.493 e. The van der Waals surface area contributed by atoms with E-state index in [2.05, 4.69) is 20.7 Å². The molecule has 0 spiro atoms. The van der Waals surface area contributed by atoms with Gasteiger partial charge in [-0.1, -0.05) is 0 Å². The highest BCUT2D eigenvalue weighted by Gasteiger charge is 2.15. The summed E-state index contributed by atoms with van der Waals surface area (Å²) in [5.41, 5.74) is 0.707. The quantitative estimate of drug-likeness (QED) is 0.688. The Morgan fingerprint density at radius 2 is 2.08 bits per heavy atom. The second-order valence-electron chi connectivity index (χ2n) is 5.52. The van der Waals surface area contributed by atoms with Gasteiger partial charge in [0, 0.05) is 5.56 Å². The average molecular weight is 357 g/mol. The van der Waals surface area contributed by atoms with E-state index in [0.717, 1.165) is 0 Å². The van der Waals surface area contributed by atoms with Gasteiger partial charge in [-0.15, -0.1) is 10.2 Å². The van der Waals surface area contributed by atoms with Crippen LogP contribution in [0.15, 0.2) is 41.0 Å². The van der Waals surface area contributed by atoms with Gasteiger partial charge in [-0.2, -0.15) is 4.80 Å². The van der Waals surface area contributed by atoms with Gasteiger partial charge in [-0.05, 0) is 42.5 Å². The number of benzene rings is 1. The van der Waals surface area contributed by atoms with E-state index < -0.39 is 0 Å². The molecule has 3 rings (SSSR count). The van der Waals surface area contributed by atoms with Crippen LogP contribution in [-0.4, -0.2) is 40.3 Å². The molecular formula is C17H19N5O4. The highest BCUT2D eigenvalue weighted by Crippen LogP contribution is 2.30. The lowest BCUT2D eigenvalue weighted by Crippen LogP contribution is -2.30. The van der Waals surface area contributed by atoms with E-state index in [9.17, 15) is 4.79 Å². The van der Waals surface area contributed by atoms with Gasteiger partial charge in [0.25, 0.3) is 0 Å². The highest BCUT2D eigenvalue weighted by atomic mass is 16.5. The Balaban J connectivity index is 1.67. The molecule has 0 aliphatic carbocycles. The molecule has 1 amide bonds. The number of carbonyl (C=O) groups is 1. The van der Waals surface area contributed by atoms with Crippen molar-refractivity contribution in [3.63, 3.8) is 0 Å². The number of hydrogen-bond donors (Lipinski definition) is 1. The molecule has 0 fully saturated rings. The van der Waals surface area contributed by atoms with Gasteiger partial charge in [0.15, 0.2) is 11.5 Å². The highest BCUT2D eigenvalue weighted by molar-refractivity contribution is 5.76. The lowest BCUT2D eigenvalue weighted by atomic mass is 10.2. The first-order valence-corrected chi connectivity index (χ1v) is 7.93. The zero-order valence-corrected chi connectivity index (χ0v) is 14.7. The first kappa shape index (κ1) is 17.5. The summed E-state index contributed by atoms with van der Waals surface area (Å²) in [5, 5.41) is 15.0. The normalized spacial score (nSPS) is 11.8. The molecule has 2 heterocycles. The molecule has 2 aromatic heterocycles. The van der Waals surface area contributed by atoms with E-state index in [0.29, 0.717) is 28.6 Å². The molecule has 0 radical (unpaired) electrons. The average Bonchev–Trinajstić information content (AvgIpc) is 3.33. The minimum absolute atomic E-state index is 0.0503. The number of furan rings is 1. The number of carbonyl (C=O) groups excluding carboxylic acids is 1. The zero-order valence-electron chi connectivity index (χ0n) is 14.7. The molecule has 0 saturated heterocycles. The van der Waals surface area contributed by atoms with Crippen LogP contribution in [0.5, 0.6) is 11.5 Å². The molecule has 136 valence electrons. The van der Waals surface area contributed by atoms with Crippen molar-refractivity contribution in [3.05, 3.63) is 42.4 Å². The van der Waals surface area contributed by atoms with Crippen molar-refractivity contribution in [2.75, 3.05) is 14.2 Å². The van der Waals surface area contributed by atoms with E-state index in [1.54, 1.807) is 50.8 Å². The molecule has 1 N–H and O–H groups in total. The lowest BCUT2D eigenvalue weighted by molar-refractivity contribution is -0.122. The number of ether oxygens (including phenoxy) is 2. The lowest BCUT2D eigenvalue weighted by Gasteiger charge is -2.10. The van der Waals surface area contributed by atoms with Crippen molar-refractivity contribution in [2.24, 2.45) is 0 Å². The van der Waals surface area contributed by atoms with E-state index in [1.807, 2.05) is 6.92 Å². The number of aromatic nitrogens is 4. The molecule has 3 aromatic rings. The minimum atomic E-state index is -0.245. The van der Waals surface area contributed by atoms with Crippen LogP contribution in [0.2, 0.25) is 0 Å². The maximum absolute atomic E-state index is 12.1. The molecule has 0 aliphatic heterocycles. The van der Waals surface area contributed by atoms with E-state index >= 15 is 0 Å². The van der Waals surface area contributed by atoms with E-state index in [4.69, 9.17) is 13.9 Å². The maximum Gasteiger partial charge on any atom is 0.244 e. The Morgan fingerprint density at radius 3 is 2.77 bits per heavy atom. The van der Waals surface area contributed by atoms with E-state index in [-0.39, 0.29) is 18.5 Å². The molecule has 1 aromatic carbocycles. The topological polar surface area (TPSA) is 104 Å². The predicted molar refractivity (Wildman–Crippen MR) is 91.6 cm³/mol. The van der Waals surface area contributed by atoms with E-state index in [1.165, 1.54) is 4.80 Å². The largest absolute Gasteiger partial charge is 0.493 e. The molecule has 9 nitrogen and oxygen atoms in total. The number of rotatable bonds is 7. The van der Waals surface area contributed by atoms with Crippen molar-refractivity contribution in [2.45, 2.75) is 19.5 Å². The summed E-state index contributed by atoms with van der Waals surface area (Å²) in [5.74, 6) is 1.99. The fourth-order valence-electron chi connectivity index (χ4n) is 2.43. The first-order valence-electron chi connectivity index (χ1n) is 7.93. The summed E-state index contributed by atoms with van der Waals surface area (Å²) < 4.78 is 15.7. The van der Waals surface area contributed by atoms with Crippen LogP contribution < -0.4 is 14.8 Å².